The monoisotopic (exact) mass is 379 g/mol. The maximum atomic E-state index is 5.35. The van der Waals surface area contributed by atoms with Crippen molar-refractivity contribution >= 4 is 15.9 Å². The minimum Gasteiger partial charge on any atom is -0.493 e. The molecule has 0 amide bonds. The van der Waals surface area contributed by atoms with Gasteiger partial charge in [0.25, 0.3) is 0 Å². The van der Waals surface area contributed by atoms with Crippen molar-refractivity contribution in [1.82, 2.24) is 5.32 Å². The van der Waals surface area contributed by atoms with Gasteiger partial charge in [0.2, 0.25) is 0 Å². The van der Waals surface area contributed by atoms with E-state index in [0.29, 0.717) is 6.61 Å². The van der Waals surface area contributed by atoms with Crippen LogP contribution >= 0.6 is 15.9 Å². The van der Waals surface area contributed by atoms with Gasteiger partial charge in [0.15, 0.2) is 11.5 Å². The Bertz CT molecular complexity index is 646. The molecule has 5 heteroatoms. The van der Waals surface area contributed by atoms with Crippen molar-refractivity contribution in [3.05, 3.63) is 57.6 Å². The number of nitrogens with one attached hydrogen (secondary N) is 1. The second kappa shape index (κ2) is 8.91. The van der Waals surface area contributed by atoms with Crippen molar-refractivity contribution in [2.75, 3.05) is 21.3 Å². The molecule has 0 saturated heterocycles. The number of ether oxygens (including phenoxy) is 3. The second-order valence-corrected chi connectivity index (χ2v) is 6.01. The molecule has 0 heterocycles. The molecule has 0 unspecified atom stereocenters. The lowest BCUT2D eigenvalue weighted by molar-refractivity contribution is 0.185. The molecule has 0 saturated carbocycles. The first-order chi connectivity index (χ1) is 11.2. The molecule has 124 valence electrons. The summed E-state index contributed by atoms with van der Waals surface area (Å²) < 4.78 is 16.8. The first-order valence-corrected chi connectivity index (χ1v) is 8.15. The third-order valence-corrected chi connectivity index (χ3v) is 4.24. The molecule has 0 fully saturated rings. The van der Waals surface area contributed by atoms with Gasteiger partial charge >= 0.3 is 0 Å². The van der Waals surface area contributed by atoms with Crippen molar-refractivity contribution in [3.8, 4) is 11.5 Å². The predicted molar refractivity (Wildman–Crippen MR) is 94.9 cm³/mol. The van der Waals surface area contributed by atoms with Crippen LogP contribution in [-0.2, 0) is 24.4 Å². The Kier molecular flexibility index (Phi) is 6.89. The van der Waals surface area contributed by atoms with Crippen LogP contribution < -0.4 is 14.8 Å². The average molecular weight is 380 g/mol. The number of benzene rings is 2. The number of hydrogen-bond acceptors (Lipinski definition) is 4. The second-order valence-electron chi connectivity index (χ2n) is 5.16. The molecule has 2 aromatic rings. The van der Waals surface area contributed by atoms with Gasteiger partial charge in [-0.15, -0.1) is 0 Å². The van der Waals surface area contributed by atoms with Crippen molar-refractivity contribution in [1.29, 1.82) is 0 Å². The SMILES string of the molecule is COCc1cccc(CNCc2cc(OC)c(OC)cc2Br)c1. The Labute approximate surface area is 145 Å². The van der Waals surface area contributed by atoms with Gasteiger partial charge in [-0.05, 0) is 28.8 Å². The Morgan fingerprint density at radius 1 is 0.913 bits per heavy atom. The lowest BCUT2D eigenvalue weighted by atomic mass is 10.1. The first kappa shape index (κ1) is 17.8. The summed E-state index contributed by atoms with van der Waals surface area (Å²) in [5, 5.41) is 3.45. The van der Waals surface area contributed by atoms with Gasteiger partial charge < -0.3 is 19.5 Å². The number of rotatable bonds is 8. The fourth-order valence-corrected chi connectivity index (χ4v) is 2.83. The van der Waals surface area contributed by atoms with Crippen LogP contribution in [0.1, 0.15) is 16.7 Å². The molecule has 0 aliphatic carbocycles. The predicted octanol–water partition coefficient (Wildman–Crippen LogP) is 3.90. The zero-order chi connectivity index (χ0) is 16.7. The molecule has 0 radical (unpaired) electrons. The van der Waals surface area contributed by atoms with Crippen LogP contribution in [0.5, 0.6) is 11.5 Å². The average Bonchev–Trinajstić information content (AvgIpc) is 2.56. The van der Waals surface area contributed by atoms with Gasteiger partial charge in [-0.3, -0.25) is 0 Å². The van der Waals surface area contributed by atoms with Crippen LogP contribution in [-0.4, -0.2) is 21.3 Å². The van der Waals surface area contributed by atoms with E-state index in [2.05, 4.69) is 45.5 Å². The minimum atomic E-state index is 0.634. The summed E-state index contributed by atoms with van der Waals surface area (Å²) in [6, 6.07) is 12.3. The van der Waals surface area contributed by atoms with E-state index < -0.39 is 0 Å². The smallest absolute Gasteiger partial charge is 0.161 e. The van der Waals surface area contributed by atoms with Crippen LogP contribution in [0, 0.1) is 0 Å². The largest absolute Gasteiger partial charge is 0.493 e. The third-order valence-electron chi connectivity index (χ3n) is 3.50. The molecule has 0 aromatic heterocycles. The van der Waals surface area contributed by atoms with Gasteiger partial charge in [0.05, 0.1) is 20.8 Å². The fourth-order valence-electron chi connectivity index (χ4n) is 2.37. The zero-order valence-corrected chi connectivity index (χ0v) is 15.3. The van der Waals surface area contributed by atoms with Gasteiger partial charge in [-0.1, -0.05) is 40.2 Å². The molecule has 2 aromatic carbocycles. The maximum Gasteiger partial charge on any atom is 0.161 e. The van der Waals surface area contributed by atoms with E-state index in [-0.39, 0.29) is 0 Å². The zero-order valence-electron chi connectivity index (χ0n) is 13.7. The molecule has 4 nitrogen and oxygen atoms in total. The molecule has 0 bridgehead atoms. The first-order valence-electron chi connectivity index (χ1n) is 7.35. The summed E-state index contributed by atoms with van der Waals surface area (Å²) in [6.07, 6.45) is 0. The topological polar surface area (TPSA) is 39.7 Å². The van der Waals surface area contributed by atoms with Crippen LogP contribution in [0.4, 0.5) is 0 Å². The van der Waals surface area contributed by atoms with Crippen molar-refractivity contribution in [2.24, 2.45) is 0 Å². The summed E-state index contributed by atoms with van der Waals surface area (Å²) in [5.41, 5.74) is 3.53. The van der Waals surface area contributed by atoms with E-state index in [1.54, 1.807) is 21.3 Å². The van der Waals surface area contributed by atoms with Crippen molar-refractivity contribution in [3.63, 3.8) is 0 Å². The molecular formula is C18H22BrNO3. The van der Waals surface area contributed by atoms with Gasteiger partial charge in [-0.2, -0.15) is 0 Å². The summed E-state index contributed by atoms with van der Waals surface area (Å²) in [4.78, 5) is 0. The van der Waals surface area contributed by atoms with Crippen molar-refractivity contribution < 1.29 is 14.2 Å². The van der Waals surface area contributed by atoms with Gasteiger partial charge in [-0.25, -0.2) is 0 Å². The normalized spacial score (nSPS) is 10.6. The molecular weight excluding hydrogens is 358 g/mol. The molecule has 1 N–H and O–H groups in total. The van der Waals surface area contributed by atoms with E-state index in [9.17, 15) is 0 Å². The van der Waals surface area contributed by atoms with E-state index in [1.807, 2.05) is 12.1 Å². The van der Waals surface area contributed by atoms with Crippen molar-refractivity contribution in [2.45, 2.75) is 19.7 Å². The summed E-state index contributed by atoms with van der Waals surface area (Å²) in [6.45, 7) is 2.16. The Hall–Kier alpha value is -1.56. The highest BCUT2D eigenvalue weighted by atomic mass is 79.9. The van der Waals surface area contributed by atoms with E-state index in [0.717, 1.165) is 34.6 Å². The molecule has 0 atom stereocenters. The van der Waals surface area contributed by atoms with E-state index in [1.165, 1.54) is 11.1 Å². The highest BCUT2D eigenvalue weighted by molar-refractivity contribution is 9.10. The highest BCUT2D eigenvalue weighted by Gasteiger charge is 2.09. The molecule has 2 rings (SSSR count). The van der Waals surface area contributed by atoms with Crippen LogP contribution in [0.15, 0.2) is 40.9 Å². The van der Waals surface area contributed by atoms with Crippen LogP contribution in [0.25, 0.3) is 0 Å². The molecule has 0 spiro atoms. The minimum absolute atomic E-state index is 0.634. The maximum absolute atomic E-state index is 5.35. The van der Waals surface area contributed by atoms with Crippen LogP contribution in [0.2, 0.25) is 0 Å². The Morgan fingerprint density at radius 2 is 1.61 bits per heavy atom. The molecule has 0 aliphatic heterocycles. The summed E-state index contributed by atoms with van der Waals surface area (Å²) in [7, 11) is 4.99. The molecule has 0 aliphatic rings. The van der Waals surface area contributed by atoms with Crippen LogP contribution in [0.3, 0.4) is 0 Å². The van der Waals surface area contributed by atoms with Gasteiger partial charge in [0.1, 0.15) is 0 Å². The standard InChI is InChI=1S/C18H22BrNO3/c1-21-12-14-6-4-5-13(7-14)10-20-11-15-8-17(22-2)18(23-3)9-16(15)19/h4-9,20H,10-12H2,1-3H3. The number of halogens is 1. The van der Waals surface area contributed by atoms with Gasteiger partial charge in [0, 0.05) is 24.7 Å². The fraction of sp³-hybridized carbons (Fsp3) is 0.333. The van der Waals surface area contributed by atoms with E-state index in [4.69, 9.17) is 14.2 Å². The number of methoxy groups -OCH3 is 3. The summed E-state index contributed by atoms with van der Waals surface area (Å²) in [5.74, 6) is 1.45. The lowest BCUT2D eigenvalue weighted by Crippen LogP contribution is -2.13. The third kappa shape index (κ3) is 4.96. The Balaban J connectivity index is 1.99. The molecule has 23 heavy (non-hydrogen) atoms. The number of hydrogen-bond donors (Lipinski definition) is 1. The highest BCUT2D eigenvalue weighted by Crippen LogP contribution is 2.33. The lowest BCUT2D eigenvalue weighted by Gasteiger charge is -2.13. The Morgan fingerprint density at radius 3 is 2.30 bits per heavy atom. The van der Waals surface area contributed by atoms with E-state index >= 15 is 0 Å². The summed E-state index contributed by atoms with van der Waals surface area (Å²) >= 11 is 3.58. The quantitative estimate of drug-likeness (QED) is 0.754.